The van der Waals surface area contributed by atoms with Crippen molar-refractivity contribution in [1.82, 2.24) is 0 Å². The summed E-state index contributed by atoms with van der Waals surface area (Å²) in [5.41, 5.74) is 0.722. The number of anilines is 1. The van der Waals surface area contributed by atoms with E-state index in [9.17, 15) is 9.59 Å². The van der Waals surface area contributed by atoms with Crippen LogP contribution in [0, 0.1) is 0 Å². The van der Waals surface area contributed by atoms with Crippen molar-refractivity contribution >= 4 is 17.6 Å². The molecule has 118 valence electrons. The summed E-state index contributed by atoms with van der Waals surface area (Å²) in [4.78, 5) is 23.3. The molecule has 0 aromatic heterocycles. The fourth-order valence-corrected chi connectivity index (χ4v) is 2.59. The number of carbonyl (C=O) groups is 2. The summed E-state index contributed by atoms with van der Waals surface area (Å²) in [5, 5.41) is 2.62. The van der Waals surface area contributed by atoms with E-state index in [2.05, 4.69) is 11.9 Å². The second-order valence-electron chi connectivity index (χ2n) is 5.44. The van der Waals surface area contributed by atoms with Gasteiger partial charge in [-0.15, -0.1) is 0 Å². The van der Waals surface area contributed by atoms with Gasteiger partial charge in [0.2, 0.25) is 5.91 Å². The van der Waals surface area contributed by atoms with Crippen molar-refractivity contribution in [1.29, 1.82) is 0 Å². The number of hydrogen-bond acceptors (Lipinski definition) is 4. The summed E-state index contributed by atoms with van der Waals surface area (Å²) in [6, 6.07) is 6.55. The fraction of sp³-hybridized carbons (Fsp3) is 0.412. The van der Waals surface area contributed by atoms with Gasteiger partial charge in [0.05, 0.1) is 5.56 Å². The molecule has 1 aromatic carbocycles. The molecule has 1 aliphatic rings. The second kappa shape index (κ2) is 7.22. The fourth-order valence-electron chi connectivity index (χ4n) is 2.59. The van der Waals surface area contributed by atoms with Gasteiger partial charge in [-0.2, -0.15) is 0 Å². The third-order valence-electron chi connectivity index (χ3n) is 3.99. The molecule has 1 fully saturated rings. The Balaban J connectivity index is 1.92. The van der Waals surface area contributed by atoms with Gasteiger partial charge in [0.1, 0.15) is 12.2 Å². The number of methoxy groups -OCH3 is 1. The monoisotopic (exact) mass is 303 g/mol. The van der Waals surface area contributed by atoms with Crippen molar-refractivity contribution in [2.45, 2.75) is 31.3 Å². The number of nitrogens with one attached hydrogen (secondary N) is 1. The maximum Gasteiger partial charge on any atom is 0.338 e. The number of amides is 1. The van der Waals surface area contributed by atoms with E-state index in [1.54, 1.807) is 31.4 Å². The molecule has 1 aliphatic carbocycles. The Morgan fingerprint density at radius 3 is 2.45 bits per heavy atom. The highest BCUT2D eigenvalue weighted by Crippen LogP contribution is 2.33. The Morgan fingerprint density at radius 1 is 1.27 bits per heavy atom. The smallest absolute Gasteiger partial charge is 0.338 e. The van der Waals surface area contributed by atoms with Crippen LogP contribution in [0.2, 0.25) is 0 Å². The third-order valence-corrected chi connectivity index (χ3v) is 3.99. The molecule has 1 N–H and O–H groups in total. The molecule has 2 rings (SSSR count). The summed E-state index contributed by atoms with van der Waals surface area (Å²) < 4.78 is 10.9. The van der Waals surface area contributed by atoms with Gasteiger partial charge in [-0.1, -0.05) is 19.4 Å². The highest BCUT2D eigenvalue weighted by molar-refractivity contribution is 5.99. The maximum atomic E-state index is 12.1. The Morgan fingerprint density at radius 2 is 1.91 bits per heavy atom. The van der Waals surface area contributed by atoms with Crippen LogP contribution < -0.4 is 5.32 Å². The molecular formula is C17H21NO4. The predicted octanol–water partition coefficient (Wildman–Crippen LogP) is 2.93. The van der Waals surface area contributed by atoms with Gasteiger partial charge >= 0.3 is 5.97 Å². The van der Waals surface area contributed by atoms with Crippen molar-refractivity contribution in [3.05, 3.63) is 42.5 Å². The van der Waals surface area contributed by atoms with Crippen molar-refractivity contribution < 1.29 is 19.1 Å². The van der Waals surface area contributed by atoms with Crippen LogP contribution in [0.25, 0.3) is 0 Å². The van der Waals surface area contributed by atoms with Gasteiger partial charge in [0.15, 0.2) is 0 Å². The molecule has 0 atom stereocenters. The van der Waals surface area contributed by atoms with Crippen LogP contribution in [0.3, 0.4) is 0 Å². The lowest BCUT2D eigenvalue weighted by molar-refractivity contribution is -0.111. The average Bonchev–Trinajstić information content (AvgIpc) is 3.02. The third kappa shape index (κ3) is 3.95. The molecule has 0 spiro atoms. The topological polar surface area (TPSA) is 64.6 Å². The normalized spacial score (nSPS) is 16.0. The molecular weight excluding hydrogens is 282 g/mol. The van der Waals surface area contributed by atoms with Crippen LogP contribution in [-0.2, 0) is 14.3 Å². The minimum Gasteiger partial charge on any atom is -0.459 e. The van der Waals surface area contributed by atoms with E-state index in [0.29, 0.717) is 11.3 Å². The Bertz CT molecular complexity index is 544. The number of esters is 1. The molecule has 1 aromatic rings. The summed E-state index contributed by atoms with van der Waals surface area (Å²) in [6.45, 7) is 3.66. The average molecular weight is 303 g/mol. The Labute approximate surface area is 130 Å². The molecule has 5 nitrogen and oxygen atoms in total. The van der Waals surface area contributed by atoms with Crippen LogP contribution in [0.1, 0.15) is 36.0 Å². The van der Waals surface area contributed by atoms with Crippen LogP contribution in [0.15, 0.2) is 36.9 Å². The van der Waals surface area contributed by atoms with Gasteiger partial charge < -0.3 is 14.8 Å². The van der Waals surface area contributed by atoms with Crippen molar-refractivity contribution in [2.75, 3.05) is 19.0 Å². The lowest BCUT2D eigenvalue weighted by atomic mass is 10.0. The lowest BCUT2D eigenvalue weighted by Gasteiger charge is -2.26. The van der Waals surface area contributed by atoms with Gasteiger partial charge in [-0.3, -0.25) is 4.79 Å². The molecule has 0 heterocycles. The van der Waals surface area contributed by atoms with E-state index in [1.807, 2.05) is 0 Å². The number of ether oxygens (including phenoxy) is 2. The molecule has 0 unspecified atom stereocenters. The van der Waals surface area contributed by atoms with Crippen LogP contribution in [0.5, 0.6) is 0 Å². The van der Waals surface area contributed by atoms with Crippen LogP contribution in [0.4, 0.5) is 5.69 Å². The van der Waals surface area contributed by atoms with Crippen molar-refractivity contribution in [3.63, 3.8) is 0 Å². The Hall–Kier alpha value is -2.14. The molecule has 1 amide bonds. The number of hydrogen-bond donors (Lipinski definition) is 1. The molecule has 0 radical (unpaired) electrons. The summed E-state index contributed by atoms with van der Waals surface area (Å²) in [7, 11) is 1.66. The first-order valence-corrected chi connectivity index (χ1v) is 7.34. The Kier molecular flexibility index (Phi) is 5.33. The quantitative estimate of drug-likeness (QED) is 0.648. The highest BCUT2D eigenvalue weighted by atomic mass is 16.6. The zero-order chi connectivity index (χ0) is 16.0. The number of rotatable bonds is 6. The van der Waals surface area contributed by atoms with E-state index in [0.717, 1.165) is 25.7 Å². The van der Waals surface area contributed by atoms with Crippen LogP contribution in [-0.4, -0.2) is 31.2 Å². The first kappa shape index (κ1) is 16.2. The van der Waals surface area contributed by atoms with E-state index in [4.69, 9.17) is 9.47 Å². The second-order valence-corrected chi connectivity index (χ2v) is 5.44. The van der Waals surface area contributed by atoms with Crippen molar-refractivity contribution in [3.8, 4) is 0 Å². The molecule has 0 saturated heterocycles. The molecule has 5 heteroatoms. The first-order chi connectivity index (χ1) is 10.6. The van der Waals surface area contributed by atoms with E-state index < -0.39 is 0 Å². The summed E-state index contributed by atoms with van der Waals surface area (Å²) in [6.07, 6.45) is 5.23. The van der Waals surface area contributed by atoms with E-state index in [-0.39, 0.29) is 24.1 Å². The molecule has 0 aliphatic heterocycles. The van der Waals surface area contributed by atoms with Crippen molar-refractivity contribution in [2.24, 2.45) is 0 Å². The molecule has 22 heavy (non-hydrogen) atoms. The van der Waals surface area contributed by atoms with Gasteiger partial charge in [-0.25, -0.2) is 4.79 Å². The minimum atomic E-state index is -0.384. The lowest BCUT2D eigenvalue weighted by Crippen LogP contribution is -2.34. The van der Waals surface area contributed by atoms with E-state index in [1.165, 1.54) is 6.08 Å². The number of carbonyl (C=O) groups excluding carboxylic acids is 2. The predicted molar refractivity (Wildman–Crippen MR) is 83.8 cm³/mol. The minimum absolute atomic E-state index is 0.275. The highest BCUT2D eigenvalue weighted by Gasteiger charge is 2.35. The molecule has 0 bridgehead atoms. The zero-order valence-corrected chi connectivity index (χ0v) is 12.8. The van der Waals surface area contributed by atoms with Gasteiger partial charge in [-0.05, 0) is 43.2 Å². The summed E-state index contributed by atoms with van der Waals surface area (Å²) in [5.74, 6) is -0.677. The van der Waals surface area contributed by atoms with Gasteiger partial charge in [0.25, 0.3) is 0 Å². The largest absolute Gasteiger partial charge is 0.459 e. The zero-order valence-electron chi connectivity index (χ0n) is 12.8. The molecule has 1 saturated carbocycles. The maximum absolute atomic E-state index is 12.1. The van der Waals surface area contributed by atoms with E-state index >= 15 is 0 Å². The van der Waals surface area contributed by atoms with Gasteiger partial charge in [0, 0.05) is 12.8 Å². The van der Waals surface area contributed by atoms with Crippen LogP contribution >= 0.6 is 0 Å². The summed E-state index contributed by atoms with van der Waals surface area (Å²) >= 11 is 0. The first-order valence-electron chi connectivity index (χ1n) is 7.34. The SMILES string of the molecule is C=CC(=O)Nc1ccc(C(=O)OCC2(OC)CCCC2)cc1. The number of benzene rings is 1. The standard InChI is InChI=1S/C17H21NO4/c1-3-15(19)18-14-8-6-13(7-9-14)16(20)22-12-17(21-2)10-4-5-11-17/h3,6-9H,1,4-5,10-12H2,2H3,(H,18,19).